The van der Waals surface area contributed by atoms with Crippen molar-refractivity contribution >= 4 is 12.2 Å². The van der Waals surface area contributed by atoms with Gasteiger partial charge in [-0.2, -0.15) is 18.2 Å². The fourth-order valence-electron chi connectivity index (χ4n) is 1.65. The Hall–Kier alpha value is -2.37. The molecule has 0 amide bonds. The van der Waals surface area contributed by atoms with Crippen LogP contribution in [-0.2, 0) is 6.18 Å². The van der Waals surface area contributed by atoms with Crippen molar-refractivity contribution in [3.63, 3.8) is 0 Å². The van der Waals surface area contributed by atoms with E-state index in [0.717, 1.165) is 12.1 Å². The minimum atomic E-state index is -4.34. The molecule has 0 unspecified atom stereocenters. The normalized spacial score (nSPS) is 12.0. The van der Waals surface area contributed by atoms with E-state index < -0.39 is 17.4 Å². The number of aryl methyl sites for hydroxylation is 1. The summed E-state index contributed by atoms with van der Waals surface area (Å²) in [6.45, 7) is 1.72. The van der Waals surface area contributed by atoms with E-state index >= 15 is 0 Å². The zero-order valence-electron chi connectivity index (χ0n) is 10.5. The molecule has 0 fully saturated rings. The summed E-state index contributed by atoms with van der Waals surface area (Å²) < 4.78 is 37.2. The lowest BCUT2D eigenvalue weighted by Crippen LogP contribution is -2.11. The smallest absolute Gasteiger partial charge is 0.310 e. The Morgan fingerprint density at radius 3 is 2.35 bits per heavy atom. The molecule has 0 bridgehead atoms. The predicted molar refractivity (Wildman–Crippen MR) is 70.0 cm³/mol. The molecule has 0 atom stereocenters. The van der Waals surface area contributed by atoms with Gasteiger partial charge in [-0.3, -0.25) is 0 Å². The van der Waals surface area contributed by atoms with Crippen molar-refractivity contribution in [3.8, 4) is 0 Å². The van der Waals surface area contributed by atoms with Gasteiger partial charge < -0.3 is 4.98 Å². The van der Waals surface area contributed by atoms with Crippen molar-refractivity contribution < 1.29 is 13.2 Å². The van der Waals surface area contributed by atoms with Gasteiger partial charge in [0.05, 0.1) is 11.3 Å². The molecule has 0 spiro atoms. The molecule has 1 aromatic carbocycles. The topological polar surface area (TPSA) is 45.8 Å². The minimum Gasteiger partial charge on any atom is -0.310 e. The van der Waals surface area contributed by atoms with Gasteiger partial charge in [0.1, 0.15) is 0 Å². The third kappa shape index (κ3) is 3.57. The standard InChI is InChI=1S/C14H11F3N2O/c1-9-8-12(19-13(20)18-9)7-4-10-2-5-11(6-3-10)14(15,16)17/h2-8H,1H3,(H,18,19,20)/b7-4+. The number of H-pyrrole nitrogens is 1. The second kappa shape index (κ2) is 5.32. The van der Waals surface area contributed by atoms with Gasteiger partial charge in [-0.05, 0) is 36.8 Å². The monoisotopic (exact) mass is 280 g/mol. The van der Waals surface area contributed by atoms with Crippen molar-refractivity contribution in [2.24, 2.45) is 0 Å². The molecule has 0 radical (unpaired) electrons. The lowest BCUT2D eigenvalue weighted by molar-refractivity contribution is -0.137. The van der Waals surface area contributed by atoms with Crippen LogP contribution in [0.25, 0.3) is 12.2 Å². The van der Waals surface area contributed by atoms with Crippen LogP contribution in [0.1, 0.15) is 22.5 Å². The van der Waals surface area contributed by atoms with Crippen molar-refractivity contribution in [2.75, 3.05) is 0 Å². The first-order valence-corrected chi connectivity index (χ1v) is 5.78. The van der Waals surface area contributed by atoms with Gasteiger partial charge in [-0.25, -0.2) is 4.79 Å². The third-order valence-corrected chi connectivity index (χ3v) is 2.58. The molecule has 1 heterocycles. The second-order valence-electron chi connectivity index (χ2n) is 4.25. The van der Waals surface area contributed by atoms with Crippen LogP contribution < -0.4 is 5.69 Å². The van der Waals surface area contributed by atoms with Crippen molar-refractivity contribution in [1.82, 2.24) is 9.97 Å². The van der Waals surface area contributed by atoms with Crippen LogP contribution in [0.15, 0.2) is 35.1 Å². The average Bonchev–Trinajstić information content (AvgIpc) is 2.35. The van der Waals surface area contributed by atoms with Crippen molar-refractivity contribution in [2.45, 2.75) is 13.1 Å². The quantitative estimate of drug-likeness (QED) is 0.917. The number of nitrogens with zero attached hydrogens (tertiary/aromatic N) is 1. The molecule has 0 aliphatic rings. The average molecular weight is 280 g/mol. The molecule has 1 aromatic heterocycles. The Morgan fingerprint density at radius 1 is 1.15 bits per heavy atom. The molecule has 2 rings (SSSR count). The van der Waals surface area contributed by atoms with Gasteiger partial charge in [0.15, 0.2) is 0 Å². The van der Waals surface area contributed by atoms with E-state index in [2.05, 4.69) is 9.97 Å². The summed E-state index contributed by atoms with van der Waals surface area (Å²) >= 11 is 0. The van der Waals surface area contributed by atoms with Crippen LogP contribution in [0.3, 0.4) is 0 Å². The number of benzene rings is 1. The van der Waals surface area contributed by atoms with E-state index in [1.54, 1.807) is 25.1 Å². The second-order valence-corrected chi connectivity index (χ2v) is 4.25. The molecular formula is C14H11F3N2O. The van der Waals surface area contributed by atoms with Gasteiger partial charge in [0, 0.05) is 5.69 Å². The molecule has 0 aliphatic heterocycles. The Kier molecular flexibility index (Phi) is 3.74. The van der Waals surface area contributed by atoms with E-state index in [0.29, 0.717) is 17.0 Å². The van der Waals surface area contributed by atoms with Gasteiger partial charge in [-0.15, -0.1) is 0 Å². The maximum atomic E-state index is 12.4. The highest BCUT2D eigenvalue weighted by Gasteiger charge is 2.29. The van der Waals surface area contributed by atoms with Crippen LogP contribution in [-0.4, -0.2) is 9.97 Å². The van der Waals surface area contributed by atoms with E-state index in [1.807, 2.05) is 0 Å². The first kappa shape index (κ1) is 14.0. The summed E-state index contributed by atoms with van der Waals surface area (Å²) in [6.07, 6.45) is -1.17. The molecule has 104 valence electrons. The van der Waals surface area contributed by atoms with Crippen molar-refractivity contribution in [3.05, 3.63) is 63.3 Å². The fraction of sp³-hybridized carbons (Fsp3) is 0.143. The number of halogens is 3. The molecule has 0 saturated carbocycles. The third-order valence-electron chi connectivity index (χ3n) is 2.58. The molecule has 1 N–H and O–H groups in total. The highest BCUT2D eigenvalue weighted by atomic mass is 19.4. The highest BCUT2D eigenvalue weighted by Crippen LogP contribution is 2.29. The molecule has 3 nitrogen and oxygen atoms in total. The van der Waals surface area contributed by atoms with Gasteiger partial charge in [-0.1, -0.05) is 18.2 Å². The summed E-state index contributed by atoms with van der Waals surface area (Å²) in [5.41, 5.74) is 0.554. The van der Waals surface area contributed by atoms with Crippen LogP contribution in [0.4, 0.5) is 13.2 Å². The number of hydrogen-bond acceptors (Lipinski definition) is 2. The fourth-order valence-corrected chi connectivity index (χ4v) is 1.65. The predicted octanol–water partition coefficient (Wildman–Crippen LogP) is 3.27. The number of rotatable bonds is 2. The van der Waals surface area contributed by atoms with E-state index in [-0.39, 0.29) is 0 Å². The Morgan fingerprint density at radius 2 is 1.80 bits per heavy atom. The Balaban J connectivity index is 2.21. The van der Waals surface area contributed by atoms with Crippen LogP contribution in [0.5, 0.6) is 0 Å². The van der Waals surface area contributed by atoms with Gasteiger partial charge in [0.25, 0.3) is 0 Å². The van der Waals surface area contributed by atoms with Crippen molar-refractivity contribution in [1.29, 1.82) is 0 Å². The van der Waals surface area contributed by atoms with E-state index in [9.17, 15) is 18.0 Å². The summed E-state index contributed by atoms with van der Waals surface area (Å²) in [5, 5.41) is 0. The van der Waals surface area contributed by atoms with Crippen LogP contribution >= 0.6 is 0 Å². The lowest BCUT2D eigenvalue weighted by atomic mass is 10.1. The molecule has 6 heteroatoms. The highest BCUT2D eigenvalue weighted by molar-refractivity contribution is 5.68. The lowest BCUT2D eigenvalue weighted by Gasteiger charge is -2.05. The maximum Gasteiger partial charge on any atom is 0.416 e. The summed E-state index contributed by atoms with van der Waals surface area (Å²) in [7, 11) is 0. The van der Waals surface area contributed by atoms with E-state index in [4.69, 9.17) is 0 Å². The van der Waals surface area contributed by atoms with E-state index in [1.165, 1.54) is 12.1 Å². The first-order chi connectivity index (χ1) is 9.34. The van der Waals surface area contributed by atoms with Crippen LogP contribution in [0, 0.1) is 6.92 Å². The molecule has 20 heavy (non-hydrogen) atoms. The largest absolute Gasteiger partial charge is 0.416 e. The number of aromatic amines is 1. The Bertz CT molecular complexity index is 685. The molecule has 0 aliphatic carbocycles. The number of nitrogens with one attached hydrogen (secondary N) is 1. The van der Waals surface area contributed by atoms with Gasteiger partial charge >= 0.3 is 11.9 Å². The summed E-state index contributed by atoms with van der Waals surface area (Å²) in [4.78, 5) is 17.4. The SMILES string of the molecule is Cc1cc(/C=C/c2ccc(C(F)(F)F)cc2)nc(=O)[nH]1. The molecular weight excluding hydrogens is 269 g/mol. The number of alkyl halides is 3. The number of aromatic nitrogens is 2. The Labute approximate surface area is 112 Å². The number of hydrogen-bond donors (Lipinski definition) is 1. The molecule has 2 aromatic rings. The first-order valence-electron chi connectivity index (χ1n) is 5.78. The minimum absolute atomic E-state index is 0.450. The summed E-state index contributed by atoms with van der Waals surface area (Å²) in [5.74, 6) is 0. The van der Waals surface area contributed by atoms with Gasteiger partial charge in [0.2, 0.25) is 0 Å². The zero-order valence-corrected chi connectivity index (χ0v) is 10.5. The molecule has 0 saturated heterocycles. The zero-order chi connectivity index (χ0) is 14.8. The maximum absolute atomic E-state index is 12.4. The van der Waals surface area contributed by atoms with Crippen LogP contribution in [0.2, 0.25) is 0 Å². The summed E-state index contributed by atoms with van der Waals surface area (Å²) in [6, 6.07) is 6.41.